The lowest BCUT2D eigenvalue weighted by Crippen LogP contribution is -2.40. The Morgan fingerprint density at radius 1 is 1.46 bits per heavy atom. The predicted molar refractivity (Wildman–Crippen MR) is 129 cm³/mol. The molecule has 4 rings (SSSR count). The molecule has 186 valence electrons. The number of hydrogen-bond acceptors (Lipinski definition) is 9. The molecule has 1 atom stereocenters. The van der Waals surface area contributed by atoms with Crippen molar-refractivity contribution < 1.29 is 19.0 Å². The van der Waals surface area contributed by atoms with Crippen molar-refractivity contribution >= 4 is 35.1 Å². The van der Waals surface area contributed by atoms with Crippen LogP contribution in [0.2, 0.25) is 0 Å². The second-order valence-corrected chi connectivity index (χ2v) is 9.19. The van der Waals surface area contributed by atoms with E-state index in [0.717, 1.165) is 6.42 Å². The Kier molecular flexibility index (Phi) is 6.32. The van der Waals surface area contributed by atoms with E-state index >= 15 is 0 Å². The molecular weight excluding hydrogens is 455 g/mol. The molecule has 1 saturated heterocycles. The van der Waals surface area contributed by atoms with Gasteiger partial charge in [-0.1, -0.05) is 0 Å². The van der Waals surface area contributed by atoms with Crippen LogP contribution in [0.1, 0.15) is 45.4 Å². The number of ether oxygens (including phenoxy) is 1. The van der Waals surface area contributed by atoms with Gasteiger partial charge in [-0.15, -0.1) is 5.10 Å². The number of piperidine rings is 1. The highest BCUT2D eigenvalue weighted by atomic mass is 19.1. The van der Waals surface area contributed by atoms with Crippen LogP contribution in [0.15, 0.2) is 29.1 Å². The van der Waals surface area contributed by atoms with Crippen LogP contribution in [0.4, 0.5) is 10.3 Å². The van der Waals surface area contributed by atoms with Gasteiger partial charge in [0.05, 0.1) is 24.8 Å². The van der Waals surface area contributed by atoms with Crippen molar-refractivity contribution in [2.24, 2.45) is 5.10 Å². The largest absolute Gasteiger partial charge is 0.494 e. The Labute approximate surface area is 201 Å². The molecule has 1 aliphatic rings. The van der Waals surface area contributed by atoms with Gasteiger partial charge in [0.25, 0.3) is 0 Å². The summed E-state index contributed by atoms with van der Waals surface area (Å²) in [5, 5.41) is 20.4. The van der Waals surface area contributed by atoms with Crippen molar-refractivity contribution in [1.29, 1.82) is 0 Å². The molecule has 2 aromatic heterocycles. The van der Waals surface area contributed by atoms with Gasteiger partial charge in [0, 0.05) is 36.6 Å². The molecule has 11 nitrogen and oxygen atoms in total. The van der Waals surface area contributed by atoms with Crippen molar-refractivity contribution in [1.82, 2.24) is 29.5 Å². The first-order valence-corrected chi connectivity index (χ1v) is 11.2. The molecular formula is C23H29FN8O3. The number of carbonyl (C=O) groups is 1. The van der Waals surface area contributed by atoms with Gasteiger partial charge in [-0.3, -0.25) is 9.80 Å². The second kappa shape index (κ2) is 9.10. The zero-order valence-electron chi connectivity index (χ0n) is 20.2. The first-order chi connectivity index (χ1) is 16.5. The van der Waals surface area contributed by atoms with E-state index in [1.807, 2.05) is 0 Å². The molecule has 1 amide bonds. The average molecular weight is 485 g/mol. The fourth-order valence-corrected chi connectivity index (χ4v) is 4.23. The quantitative estimate of drug-likeness (QED) is 0.385. The van der Waals surface area contributed by atoms with E-state index in [-0.39, 0.29) is 24.1 Å². The van der Waals surface area contributed by atoms with E-state index in [0.29, 0.717) is 41.0 Å². The van der Waals surface area contributed by atoms with Crippen LogP contribution in [0, 0.1) is 5.82 Å². The number of aliphatic hydroxyl groups is 1. The first kappa shape index (κ1) is 24.3. The SMILES string of the molecule is C=NN(/C=C(\C)N1CCCC(c2nc3c4cc(F)c(OC)cc4nc(N)n3n2)C1=O)CC(C)(C)O. The zero-order valence-corrected chi connectivity index (χ0v) is 20.2. The molecule has 12 heteroatoms. The van der Waals surface area contributed by atoms with Gasteiger partial charge < -0.3 is 20.5 Å². The number of amides is 1. The number of hydrazone groups is 1. The third kappa shape index (κ3) is 4.74. The highest BCUT2D eigenvalue weighted by Crippen LogP contribution is 2.31. The summed E-state index contributed by atoms with van der Waals surface area (Å²) in [4.78, 5) is 24.0. The van der Waals surface area contributed by atoms with Crippen LogP contribution in [-0.2, 0) is 4.79 Å². The van der Waals surface area contributed by atoms with E-state index in [4.69, 9.17) is 10.5 Å². The summed E-state index contributed by atoms with van der Waals surface area (Å²) >= 11 is 0. The number of fused-ring (bicyclic) bond motifs is 3. The molecule has 1 unspecified atom stereocenters. The van der Waals surface area contributed by atoms with Gasteiger partial charge in [-0.25, -0.2) is 14.4 Å². The summed E-state index contributed by atoms with van der Waals surface area (Å²) < 4.78 is 20.8. The molecule has 0 saturated carbocycles. The Balaban J connectivity index is 1.69. The summed E-state index contributed by atoms with van der Waals surface area (Å²) in [6.07, 6.45) is 2.96. The minimum absolute atomic E-state index is 0.0431. The standard InChI is InChI=1S/C23H29FN8O3/c1-13(11-30(26-4)12-23(2,3)34)31-8-6-7-14(21(31)33)19-28-20-15-9-16(24)18(35-5)10-17(15)27-22(25)32(20)29-19/h9-11,14,34H,4,6-8,12H2,1-3,5H3,(H2,25,27)/b13-11+. The van der Waals surface area contributed by atoms with Gasteiger partial charge in [-0.05, 0) is 39.7 Å². The smallest absolute Gasteiger partial charge is 0.237 e. The third-order valence-electron chi connectivity index (χ3n) is 5.83. The number of halogens is 1. The Morgan fingerprint density at radius 2 is 2.20 bits per heavy atom. The second-order valence-electron chi connectivity index (χ2n) is 9.19. The molecule has 3 heterocycles. The summed E-state index contributed by atoms with van der Waals surface area (Å²) in [5.41, 5.74) is 6.48. The summed E-state index contributed by atoms with van der Waals surface area (Å²) in [6.45, 7) is 9.41. The number of aromatic nitrogens is 4. The highest BCUT2D eigenvalue weighted by molar-refractivity contribution is 5.93. The third-order valence-corrected chi connectivity index (χ3v) is 5.83. The first-order valence-electron chi connectivity index (χ1n) is 11.2. The molecule has 1 fully saturated rings. The van der Waals surface area contributed by atoms with Crippen LogP contribution in [-0.4, -0.2) is 73.0 Å². The van der Waals surface area contributed by atoms with E-state index < -0.39 is 17.3 Å². The summed E-state index contributed by atoms with van der Waals surface area (Å²) in [7, 11) is 1.37. The van der Waals surface area contributed by atoms with Crippen molar-refractivity contribution in [2.75, 3.05) is 25.9 Å². The number of nitrogen functional groups attached to an aromatic ring is 1. The lowest BCUT2D eigenvalue weighted by atomic mass is 9.96. The fraction of sp³-hybridized carbons (Fsp3) is 0.435. The van der Waals surface area contributed by atoms with E-state index in [1.54, 1.807) is 31.9 Å². The number of benzene rings is 1. The maximum absolute atomic E-state index is 14.4. The topological polar surface area (TPSA) is 134 Å². The number of rotatable bonds is 7. The van der Waals surface area contributed by atoms with Crippen LogP contribution >= 0.6 is 0 Å². The molecule has 0 aliphatic carbocycles. The number of likely N-dealkylation sites (tertiary alicyclic amines) is 1. The van der Waals surface area contributed by atoms with Crippen molar-refractivity contribution in [3.8, 4) is 5.75 Å². The predicted octanol–water partition coefficient (Wildman–Crippen LogP) is 2.26. The van der Waals surface area contributed by atoms with Crippen LogP contribution in [0.3, 0.4) is 0 Å². The lowest BCUT2D eigenvalue weighted by Gasteiger charge is -2.32. The number of nitrogens with two attached hydrogens (primary N) is 1. The van der Waals surface area contributed by atoms with Crippen LogP contribution in [0.5, 0.6) is 5.75 Å². The van der Waals surface area contributed by atoms with Crippen molar-refractivity contribution in [2.45, 2.75) is 45.1 Å². The molecule has 0 bridgehead atoms. The van der Waals surface area contributed by atoms with Crippen molar-refractivity contribution in [3.63, 3.8) is 0 Å². The monoisotopic (exact) mass is 484 g/mol. The maximum atomic E-state index is 14.4. The van der Waals surface area contributed by atoms with Crippen molar-refractivity contribution in [3.05, 3.63) is 35.7 Å². The van der Waals surface area contributed by atoms with Crippen LogP contribution in [0.25, 0.3) is 16.6 Å². The van der Waals surface area contributed by atoms with Gasteiger partial charge in [0.1, 0.15) is 5.92 Å². The molecule has 3 N–H and O–H groups in total. The Morgan fingerprint density at radius 3 is 2.86 bits per heavy atom. The Bertz CT molecular complexity index is 1330. The zero-order chi connectivity index (χ0) is 25.5. The summed E-state index contributed by atoms with van der Waals surface area (Å²) in [5.74, 6) is -0.942. The van der Waals surface area contributed by atoms with Gasteiger partial charge in [-0.2, -0.15) is 9.62 Å². The number of carbonyl (C=O) groups excluding carboxylic acids is 1. The maximum Gasteiger partial charge on any atom is 0.237 e. The minimum Gasteiger partial charge on any atom is -0.494 e. The Hall–Kier alpha value is -3.80. The normalized spacial score (nSPS) is 17.3. The highest BCUT2D eigenvalue weighted by Gasteiger charge is 2.34. The molecule has 0 spiro atoms. The summed E-state index contributed by atoms with van der Waals surface area (Å²) in [6, 6.07) is 2.72. The molecule has 3 aromatic rings. The molecule has 0 radical (unpaired) electrons. The van der Waals surface area contributed by atoms with Gasteiger partial charge in [0.2, 0.25) is 11.9 Å². The fourth-order valence-electron chi connectivity index (χ4n) is 4.23. The van der Waals surface area contributed by atoms with Crippen LogP contribution < -0.4 is 10.5 Å². The number of allylic oxidation sites excluding steroid dienone is 1. The van der Waals surface area contributed by atoms with E-state index in [9.17, 15) is 14.3 Å². The minimum atomic E-state index is -0.993. The molecule has 35 heavy (non-hydrogen) atoms. The molecule has 1 aliphatic heterocycles. The lowest BCUT2D eigenvalue weighted by molar-refractivity contribution is -0.133. The van der Waals surface area contributed by atoms with Gasteiger partial charge >= 0.3 is 0 Å². The number of methoxy groups -OCH3 is 1. The number of nitrogens with zero attached hydrogens (tertiary/aromatic N) is 7. The number of anilines is 1. The number of hydrogen-bond donors (Lipinski definition) is 2. The van der Waals surface area contributed by atoms with Gasteiger partial charge in [0.15, 0.2) is 23.0 Å². The van der Waals surface area contributed by atoms with E-state index in [2.05, 4.69) is 26.9 Å². The molecule has 1 aromatic carbocycles. The van der Waals surface area contributed by atoms with E-state index in [1.165, 1.54) is 28.8 Å². The average Bonchev–Trinajstić information content (AvgIpc) is 3.24.